The summed E-state index contributed by atoms with van der Waals surface area (Å²) in [5.74, 6) is 5.69. The fraction of sp³-hybridized carbons (Fsp3) is 0.750. The van der Waals surface area contributed by atoms with Gasteiger partial charge < -0.3 is 19.9 Å². The van der Waals surface area contributed by atoms with Gasteiger partial charge in [-0.25, -0.2) is 0 Å². The summed E-state index contributed by atoms with van der Waals surface area (Å²) in [6.07, 6.45) is 1.69. The molecular formula is C8H15BNO4P. The Morgan fingerprint density at radius 2 is 2.47 bits per heavy atom. The highest BCUT2D eigenvalue weighted by Gasteiger charge is 2.25. The third kappa shape index (κ3) is 5.36. The zero-order chi connectivity index (χ0) is 11.1. The Hall–Kier alpha value is -0.305. The fourth-order valence-electron chi connectivity index (χ4n) is 1.48. The molecule has 0 saturated carbocycles. The van der Waals surface area contributed by atoms with Gasteiger partial charge in [-0.3, -0.25) is 4.57 Å². The lowest BCUT2D eigenvalue weighted by atomic mass is 9.71. The Morgan fingerprint density at radius 3 is 3.13 bits per heavy atom. The van der Waals surface area contributed by atoms with E-state index in [0.717, 1.165) is 12.8 Å². The van der Waals surface area contributed by atoms with E-state index in [1.165, 1.54) is 0 Å². The molecule has 1 aliphatic rings. The topological polar surface area (TPSA) is 81.8 Å². The zero-order valence-electron chi connectivity index (χ0n) is 8.44. The lowest BCUT2D eigenvalue weighted by Crippen LogP contribution is -2.19. The van der Waals surface area contributed by atoms with E-state index < -0.39 is 8.25 Å². The first-order valence-electron chi connectivity index (χ1n) is 4.89. The van der Waals surface area contributed by atoms with Gasteiger partial charge in [0.2, 0.25) is 7.28 Å². The molecule has 0 radical (unpaired) electrons. The molecule has 1 rings (SSSR count). The number of nitrogens with two attached hydrogens (primary N) is 1. The van der Waals surface area contributed by atoms with Crippen molar-refractivity contribution in [1.29, 1.82) is 0 Å². The predicted molar refractivity (Wildman–Crippen MR) is 59.0 cm³/mol. The molecule has 0 bridgehead atoms. The maximum atomic E-state index is 10.3. The molecule has 0 aliphatic carbocycles. The largest absolute Gasteiger partial charge is 0.380 e. The molecule has 1 fully saturated rings. The zero-order valence-corrected chi connectivity index (χ0v) is 9.44. The van der Waals surface area contributed by atoms with Gasteiger partial charge in [-0.05, 0) is 12.8 Å². The molecule has 5 nitrogen and oxygen atoms in total. The molecular weight excluding hydrogens is 216 g/mol. The summed E-state index contributed by atoms with van der Waals surface area (Å²) in [4.78, 5) is 8.48. The highest BCUT2D eigenvalue weighted by atomic mass is 31.1. The maximum absolute atomic E-state index is 10.3. The van der Waals surface area contributed by atoms with Crippen LogP contribution in [-0.2, 0) is 13.8 Å². The molecule has 7 heteroatoms. The second kappa shape index (κ2) is 7.05. The number of ether oxygens (including phenoxy) is 1. The van der Waals surface area contributed by atoms with E-state index in [-0.39, 0.29) is 18.7 Å². The van der Waals surface area contributed by atoms with Crippen LogP contribution in [0.1, 0.15) is 12.8 Å². The molecule has 3 atom stereocenters. The molecule has 1 saturated heterocycles. The summed E-state index contributed by atoms with van der Waals surface area (Å²) in [5.41, 5.74) is 5.23. The Balaban J connectivity index is 2.17. The summed E-state index contributed by atoms with van der Waals surface area (Å²) in [5, 5.41) is 0. The van der Waals surface area contributed by atoms with E-state index in [1.807, 2.05) is 0 Å². The average molecular weight is 231 g/mol. The maximum Gasteiger partial charge on any atom is 0.316 e. The van der Waals surface area contributed by atoms with E-state index in [2.05, 4.69) is 16.3 Å². The molecule has 0 aromatic heterocycles. The standard InChI is InChI=1S/C8H15BNO4P/c10-5-1-4-9-8-3-2-7(14-8)6-13-15(11)12/h7-9,15H,2-3,5-6,10H2,(H,11,12)/t7-,8+/m0/s1. The quantitative estimate of drug-likeness (QED) is 0.377. The van der Waals surface area contributed by atoms with Crippen molar-refractivity contribution in [2.45, 2.75) is 24.9 Å². The van der Waals surface area contributed by atoms with E-state index in [4.69, 9.17) is 15.4 Å². The van der Waals surface area contributed by atoms with Crippen LogP contribution in [0, 0.1) is 11.7 Å². The van der Waals surface area contributed by atoms with Gasteiger partial charge in [0, 0.05) is 6.00 Å². The van der Waals surface area contributed by atoms with Crippen LogP contribution >= 0.6 is 8.25 Å². The normalized spacial score (nSPS) is 26.8. The van der Waals surface area contributed by atoms with Crippen LogP contribution in [0.15, 0.2) is 0 Å². The molecule has 1 aliphatic heterocycles. The van der Waals surface area contributed by atoms with E-state index in [0.29, 0.717) is 13.8 Å². The first-order valence-corrected chi connectivity index (χ1v) is 6.15. The number of rotatable bonds is 4. The molecule has 0 aromatic carbocycles. The smallest absolute Gasteiger partial charge is 0.316 e. The first kappa shape index (κ1) is 12.8. The van der Waals surface area contributed by atoms with Crippen LogP contribution in [0.2, 0.25) is 0 Å². The summed E-state index contributed by atoms with van der Waals surface area (Å²) < 4.78 is 20.5. The van der Waals surface area contributed by atoms with Crippen LogP contribution in [-0.4, -0.2) is 37.4 Å². The molecule has 3 N–H and O–H groups in total. The van der Waals surface area contributed by atoms with Crippen molar-refractivity contribution in [3.05, 3.63) is 0 Å². The van der Waals surface area contributed by atoms with Gasteiger partial charge in [0.25, 0.3) is 0 Å². The highest BCUT2D eigenvalue weighted by molar-refractivity contribution is 7.32. The number of hydrogen-bond acceptors (Lipinski definition) is 4. The molecule has 84 valence electrons. The van der Waals surface area contributed by atoms with Crippen LogP contribution in [0.3, 0.4) is 0 Å². The Bertz CT molecular complexity index is 278. The fourth-order valence-corrected chi connectivity index (χ4v) is 1.80. The highest BCUT2D eigenvalue weighted by Crippen LogP contribution is 2.23. The summed E-state index contributed by atoms with van der Waals surface area (Å²) >= 11 is 0. The molecule has 0 spiro atoms. The minimum Gasteiger partial charge on any atom is -0.380 e. The van der Waals surface area contributed by atoms with Crippen molar-refractivity contribution in [3.8, 4) is 11.7 Å². The van der Waals surface area contributed by atoms with Crippen molar-refractivity contribution >= 4 is 15.5 Å². The molecule has 0 amide bonds. The molecule has 0 aromatic rings. The van der Waals surface area contributed by atoms with E-state index in [1.54, 1.807) is 0 Å². The Labute approximate surface area is 90.5 Å². The van der Waals surface area contributed by atoms with Gasteiger partial charge in [-0.15, -0.1) is 5.92 Å². The van der Waals surface area contributed by atoms with E-state index in [9.17, 15) is 4.57 Å². The van der Waals surface area contributed by atoms with Crippen LogP contribution < -0.4 is 5.73 Å². The van der Waals surface area contributed by atoms with Crippen molar-refractivity contribution < 1.29 is 18.7 Å². The third-order valence-electron chi connectivity index (χ3n) is 2.15. The average Bonchev–Trinajstić information content (AvgIpc) is 2.63. The van der Waals surface area contributed by atoms with E-state index >= 15 is 0 Å². The van der Waals surface area contributed by atoms with Crippen molar-refractivity contribution in [2.75, 3.05) is 13.2 Å². The predicted octanol–water partition coefficient (Wildman–Crippen LogP) is -0.754. The minimum atomic E-state index is -2.83. The van der Waals surface area contributed by atoms with Gasteiger partial charge in [0.1, 0.15) is 0 Å². The monoisotopic (exact) mass is 231 g/mol. The number of hydrogen-bond donors (Lipinski definition) is 2. The lowest BCUT2D eigenvalue weighted by molar-refractivity contribution is 0.0492. The van der Waals surface area contributed by atoms with Gasteiger partial charge in [0.15, 0.2) is 0 Å². The van der Waals surface area contributed by atoms with Crippen LogP contribution in [0.4, 0.5) is 0 Å². The molecule has 15 heavy (non-hydrogen) atoms. The first-order chi connectivity index (χ1) is 7.22. The van der Waals surface area contributed by atoms with Crippen LogP contribution in [0.25, 0.3) is 0 Å². The third-order valence-corrected chi connectivity index (χ3v) is 2.56. The Kier molecular flexibility index (Phi) is 6.00. The SMILES string of the molecule is NCC#CB[C@H]1CC[C@@H](CO[PH](=O)O)O1. The Morgan fingerprint density at radius 1 is 1.67 bits per heavy atom. The van der Waals surface area contributed by atoms with Crippen LogP contribution in [0.5, 0.6) is 0 Å². The summed E-state index contributed by atoms with van der Waals surface area (Å²) in [7, 11) is -2.17. The second-order valence-electron chi connectivity index (χ2n) is 3.30. The van der Waals surface area contributed by atoms with Crippen molar-refractivity contribution in [2.24, 2.45) is 5.73 Å². The summed E-state index contributed by atoms with van der Waals surface area (Å²) in [6.45, 7) is 0.556. The van der Waals surface area contributed by atoms with Gasteiger partial charge >= 0.3 is 8.25 Å². The molecule has 1 heterocycles. The van der Waals surface area contributed by atoms with Gasteiger partial charge in [0.05, 0.1) is 19.3 Å². The summed E-state index contributed by atoms with van der Waals surface area (Å²) in [6, 6.07) is 0.110. The van der Waals surface area contributed by atoms with Crippen molar-refractivity contribution in [1.82, 2.24) is 0 Å². The van der Waals surface area contributed by atoms with Crippen molar-refractivity contribution in [3.63, 3.8) is 0 Å². The minimum absolute atomic E-state index is 0.0734. The van der Waals surface area contributed by atoms with Gasteiger partial charge in [-0.2, -0.15) is 5.82 Å². The second-order valence-corrected chi connectivity index (χ2v) is 4.12. The molecule has 1 unspecified atom stereocenters. The van der Waals surface area contributed by atoms with Gasteiger partial charge in [-0.1, -0.05) is 0 Å². The lowest BCUT2D eigenvalue weighted by Gasteiger charge is -2.10.